The molecule has 0 aliphatic carbocycles. The zero-order valence-corrected chi connectivity index (χ0v) is 42.0. The summed E-state index contributed by atoms with van der Waals surface area (Å²) in [5, 5.41) is 29.8. The first-order valence-electron chi connectivity index (χ1n) is 23.5. The number of amides is 10. The predicted molar refractivity (Wildman–Crippen MR) is 273 cm³/mol. The molecule has 26 heteroatoms. The van der Waals surface area contributed by atoms with Gasteiger partial charge in [0.25, 0.3) is 5.91 Å². The van der Waals surface area contributed by atoms with Crippen molar-refractivity contribution in [2.45, 2.75) is 101 Å². The Balaban J connectivity index is 1.39. The van der Waals surface area contributed by atoms with E-state index in [1.54, 1.807) is 56.4 Å². The molecule has 4 aromatic rings. The van der Waals surface area contributed by atoms with Gasteiger partial charge >= 0.3 is 6.03 Å². The van der Waals surface area contributed by atoms with Gasteiger partial charge < -0.3 is 64.0 Å². The lowest BCUT2D eigenvalue weighted by Crippen LogP contribution is -2.60. The second kappa shape index (κ2) is 25.7. The molecule has 2 aliphatic rings. The number of primary amides is 1. The van der Waals surface area contributed by atoms with Crippen LogP contribution in [0.25, 0.3) is 10.9 Å². The van der Waals surface area contributed by atoms with Gasteiger partial charge in [-0.15, -0.1) is 0 Å². The van der Waals surface area contributed by atoms with Crippen molar-refractivity contribution in [3.8, 4) is 0 Å². The molecule has 2 aromatic heterocycles. The van der Waals surface area contributed by atoms with Crippen molar-refractivity contribution in [1.82, 2.24) is 62.4 Å². The summed E-state index contributed by atoms with van der Waals surface area (Å²) in [7, 11) is 1.99. The number of aromatic nitrogens is 3. The highest BCUT2D eigenvalue weighted by Crippen LogP contribution is 2.27. The Bertz CT molecular complexity index is 2650. The minimum Gasteiger partial charge on any atom is -0.370 e. The quantitative estimate of drug-likeness (QED) is 0.0250. The normalized spacial score (nSPS) is 24.4. The molecule has 2 saturated heterocycles. The van der Waals surface area contributed by atoms with E-state index >= 15 is 0 Å². The molecular weight excluding hydrogens is 983 g/mol. The van der Waals surface area contributed by atoms with Gasteiger partial charge in [0.2, 0.25) is 41.4 Å². The van der Waals surface area contributed by atoms with Crippen LogP contribution in [-0.2, 0) is 57.6 Å². The summed E-state index contributed by atoms with van der Waals surface area (Å²) < 4.78 is 0. The first-order chi connectivity index (χ1) is 34.9. The summed E-state index contributed by atoms with van der Waals surface area (Å²) in [6, 6.07) is 4.50. The molecule has 4 heterocycles. The standard InChI is InChI=1S/C47H61N15O9S2/c1-24(2)37-45(70)62(47(71)61-37)36-22-73-72-21-35(38(48)63)60-42(67)33(17-27-19-53-30-13-8-7-12-29(27)30)59-40(65)31(14-9-15-52-46(49)50)56-41(66)32(16-26-10-5-4-6-11-26)58-43(68)34(18-28-20-51-23-54-28)57-39(64)25(3)55-44(36)69/h4-8,10-13,19-20,23-25,31-37,53H,9,14-18,21-22H2,1-3H3,(H2,48,63)(H,51,54)(H,55,69)(H,56,66)(H,57,64)(H,58,68)(H,59,65)(H,60,67)(H,61,71)(H4,49,50,52)/t25-,31+,32-,33+,34+,35+,36+,37+/m1/s1. The number of fused-ring (bicyclic) bond motifs is 1. The fraction of sp³-hybridized carbons (Fsp3) is 0.426. The summed E-state index contributed by atoms with van der Waals surface area (Å²) in [5.41, 5.74) is 13.8. The summed E-state index contributed by atoms with van der Waals surface area (Å²) in [6.07, 6.45) is 4.28. The topological polar surface area (TPSA) is 373 Å². The van der Waals surface area contributed by atoms with Crippen molar-refractivity contribution in [1.29, 1.82) is 5.41 Å². The highest BCUT2D eigenvalue weighted by Gasteiger charge is 2.46. The van der Waals surface area contributed by atoms with Crippen LogP contribution in [-0.4, -0.2) is 145 Å². The largest absolute Gasteiger partial charge is 0.370 e. The number of hydrogen-bond acceptors (Lipinski definition) is 13. The number of nitrogens with one attached hydrogen (secondary N) is 11. The van der Waals surface area contributed by atoms with Crippen LogP contribution in [0.2, 0.25) is 0 Å². The van der Waals surface area contributed by atoms with Crippen LogP contribution in [0.1, 0.15) is 50.4 Å². The average molecular weight is 1040 g/mol. The van der Waals surface area contributed by atoms with Gasteiger partial charge in [-0.2, -0.15) is 0 Å². The zero-order valence-electron chi connectivity index (χ0n) is 40.3. The number of imide groups is 1. The van der Waals surface area contributed by atoms with E-state index in [-0.39, 0.29) is 62.0 Å². The SMILES string of the molecule is CC(C)[C@@H]1NC(=O)N([C@H]2CSSC[C@@H](C(N)=O)NC(=O)[C@H](Cc3c[nH]c4ccccc34)NC(=O)[C@H](CCCNC(=N)N)NC(=O)[C@@H](Cc3ccccc3)NC(=O)[C@H](Cc3cnc[nH]3)NC(=O)[C@@H](C)NC2=O)C1=O. The van der Waals surface area contributed by atoms with E-state index in [0.717, 1.165) is 37.4 Å². The number of guanidine groups is 1. The molecule has 10 amide bonds. The van der Waals surface area contributed by atoms with Crippen molar-refractivity contribution in [3.63, 3.8) is 0 Å². The number of urea groups is 1. The lowest BCUT2D eigenvalue weighted by molar-refractivity contribution is -0.137. The number of para-hydroxylation sites is 1. The van der Waals surface area contributed by atoms with Crippen LogP contribution >= 0.6 is 21.6 Å². The maximum absolute atomic E-state index is 14.6. The minimum atomic E-state index is -1.49. The first kappa shape index (κ1) is 54.7. The Morgan fingerprint density at radius 3 is 2.01 bits per heavy atom. The van der Waals surface area contributed by atoms with E-state index in [0.29, 0.717) is 16.8 Å². The number of aromatic amines is 2. The summed E-state index contributed by atoms with van der Waals surface area (Å²) in [6.45, 7) is 4.91. The first-order valence-corrected chi connectivity index (χ1v) is 26.0. The van der Waals surface area contributed by atoms with E-state index in [1.165, 1.54) is 19.4 Å². The Labute approximate surface area is 427 Å². The summed E-state index contributed by atoms with van der Waals surface area (Å²) >= 11 is 0. The number of hydrogen-bond donors (Lipinski definition) is 13. The molecule has 73 heavy (non-hydrogen) atoms. The Morgan fingerprint density at radius 2 is 1.36 bits per heavy atom. The van der Waals surface area contributed by atoms with Gasteiger partial charge in [0, 0.05) is 66.3 Å². The van der Waals surface area contributed by atoms with E-state index in [2.05, 4.69) is 57.5 Å². The maximum Gasteiger partial charge on any atom is 0.325 e. The number of imidazole rings is 1. The van der Waals surface area contributed by atoms with Gasteiger partial charge in [0.1, 0.15) is 48.3 Å². The summed E-state index contributed by atoms with van der Waals surface area (Å²) in [4.78, 5) is 137. The molecule has 0 radical (unpaired) electrons. The number of carbonyl (C=O) groups is 9. The molecule has 0 saturated carbocycles. The van der Waals surface area contributed by atoms with Crippen molar-refractivity contribution >= 4 is 91.7 Å². The van der Waals surface area contributed by atoms with Crippen LogP contribution in [0, 0.1) is 11.3 Å². The van der Waals surface area contributed by atoms with Crippen molar-refractivity contribution < 1.29 is 43.2 Å². The number of nitrogens with zero attached hydrogens (tertiary/aromatic N) is 2. The van der Waals surface area contributed by atoms with E-state index in [4.69, 9.17) is 16.9 Å². The molecule has 24 nitrogen and oxygen atoms in total. The Morgan fingerprint density at radius 1 is 0.740 bits per heavy atom. The van der Waals surface area contributed by atoms with Gasteiger partial charge in [-0.3, -0.25) is 43.8 Å². The number of carbonyl (C=O) groups excluding carboxylic acids is 9. The van der Waals surface area contributed by atoms with Crippen LogP contribution in [0.3, 0.4) is 0 Å². The van der Waals surface area contributed by atoms with Gasteiger partial charge in [-0.05, 0) is 42.9 Å². The van der Waals surface area contributed by atoms with E-state index < -0.39 is 102 Å². The fourth-order valence-electron chi connectivity index (χ4n) is 8.13. The second-order valence-electron chi connectivity index (χ2n) is 17.9. The molecular formula is C47H61N15O9S2. The molecule has 8 atom stereocenters. The molecule has 2 aliphatic heterocycles. The molecule has 2 fully saturated rings. The van der Waals surface area contributed by atoms with Gasteiger partial charge in [0.15, 0.2) is 5.96 Å². The van der Waals surface area contributed by atoms with Gasteiger partial charge in [-0.1, -0.05) is 84.0 Å². The molecule has 2 aromatic carbocycles. The molecule has 15 N–H and O–H groups in total. The third-order valence-electron chi connectivity index (χ3n) is 12.1. The van der Waals surface area contributed by atoms with E-state index in [1.807, 2.05) is 18.2 Å². The Kier molecular flexibility index (Phi) is 19.2. The Hall–Kier alpha value is -7.61. The summed E-state index contributed by atoms with van der Waals surface area (Å²) in [5.74, 6) is -7.68. The van der Waals surface area contributed by atoms with Crippen molar-refractivity contribution in [3.05, 3.63) is 90.1 Å². The minimum absolute atomic E-state index is 0.0467. The lowest BCUT2D eigenvalue weighted by Gasteiger charge is -2.28. The van der Waals surface area contributed by atoms with Gasteiger partial charge in [0.05, 0.1) is 6.33 Å². The number of nitrogens with two attached hydrogens (primary N) is 2. The smallest absolute Gasteiger partial charge is 0.325 e. The molecule has 0 unspecified atom stereocenters. The second-order valence-corrected chi connectivity index (χ2v) is 20.5. The van der Waals surface area contributed by atoms with E-state index in [9.17, 15) is 43.2 Å². The predicted octanol–water partition coefficient (Wildman–Crippen LogP) is -1.06. The third-order valence-corrected chi connectivity index (χ3v) is 14.5. The van der Waals surface area contributed by atoms with Crippen LogP contribution < -0.4 is 54.0 Å². The number of benzene rings is 2. The molecule has 390 valence electrons. The zero-order chi connectivity index (χ0) is 52.8. The fourth-order valence-corrected chi connectivity index (χ4v) is 10.5. The highest BCUT2D eigenvalue weighted by molar-refractivity contribution is 8.76. The monoisotopic (exact) mass is 1040 g/mol. The molecule has 6 rings (SSSR count). The molecule has 0 bridgehead atoms. The molecule has 0 spiro atoms. The van der Waals surface area contributed by atoms with Crippen LogP contribution in [0.5, 0.6) is 0 Å². The number of rotatable bonds is 13. The van der Waals surface area contributed by atoms with Crippen LogP contribution in [0.4, 0.5) is 4.79 Å². The maximum atomic E-state index is 14.6. The highest BCUT2D eigenvalue weighted by atomic mass is 33.1. The van der Waals surface area contributed by atoms with Crippen LogP contribution in [0.15, 0.2) is 73.3 Å². The van der Waals surface area contributed by atoms with Crippen molar-refractivity contribution in [2.75, 3.05) is 18.1 Å². The third kappa shape index (κ3) is 15.0. The number of H-pyrrole nitrogens is 2. The average Bonchev–Trinajstić information content (AvgIpc) is 4.10. The van der Waals surface area contributed by atoms with Crippen molar-refractivity contribution in [2.24, 2.45) is 17.4 Å². The van der Waals surface area contributed by atoms with Gasteiger partial charge in [-0.25, -0.2) is 14.7 Å². The lowest BCUT2D eigenvalue weighted by atomic mass is 10.0.